The third-order valence-corrected chi connectivity index (χ3v) is 6.31. The first-order valence-corrected chi connectivity index (χ1v) is 11.7. The molecule has 0 unspecified atom stereocenters. The monoisotopic (exact) mass is 458 g/mol. The van der Waals surface area contributed by atoms with Crippen LogP contribution in [0, 0.1) is 13.8 Å². The maximum atomic E-state index is 12.6. The molecule has 168 valence electrons. The van der Waals surface area contributed by atoms with Gasteiger partial charge in [0, 0.05) is 17.6 Å². The second-order valence-corrected chi connectivity index (χ2v) is 8.64. The van der Waals surface area contributed by atoms with Crippen LogP contribution in [0.3, 0.4) is 0 Å². The van der Waals surface area contributed by atoms with Crippen molar-refractivity contribution in [2.24, 2.45) is 0 Å². The molecule has 0 aliphatic rings. The number of anilines is 1. The highest BCUT2D eigenvalue weighted by Gasteiger charge is 2.15. The zero-order valence-electron chi connectivity index (χ0n) is 18.7. The van der Waals surface area contributed by atoms with E-state index in [4.69, 9.17) is 4.74 Å². The van der Waals surface area contributed by atoms with Crippen LogP contribution in [0.1, 0.15) is 17.0 Å². The predicted octanol–water partition coefficient (Wildman–Crippen LogP) is 5.54. The molecule has 0 saturated carbocycles. The van der Waals surface area contributed by atoms with Gasteiger partial charge in [-0.25, -0.2) is 0 Å². The van der Waals surface area contributed by atoms with E-state index in [0.717, 1.165) is 22.2 Å². The predicted molar refractivity (Wildman–Crippen MR) is 134 cm³/mol. The molecule has 0 saturated heterocycles. The molecule has 0 spiro atoms. The van der Waals surface area contributed by atoms with E-state index in [-0.39, 0.29) is 18.3 Å². The van der Waals surface area contributed by atoms with E-state index in [1.54, 1.807) is 6.08 Å². The summed E-state index contributed by atoms with van der Waals surface area (Å²) in [5.41, 5.74) is 3.19. The molecule has 6 nitrogen and oxygen atoms in total. The van der Waals surface area contributed by atoms with Crippen LogP contribution >= 0.6 is 11.8 Å². The molecule has 4 aromatic rings. The number of hydrogen-bond acceptors (Lipinski definition) is 5. The molecule has 33 heavy (non-hydrogen) atoms. The lowest BCUT2D eigenvalue weighted by atomic mass is 10.1. The second kappa shape index (κ2) is 10.4. The van der Waals surface area contributed by atoms with Crippen LogP contribution in [0.25, 0.3) is 10.8 Å². The number of ether oxygens (including phenoxy) is 1. The molecule has 0 fully saturated rings. The lowest BCUT2D eigenvalue weighted by Crippen LogP contribution is -2.15. The van der Waals surface area contributed by atoms with Crippen molar-refractivity contribution in [3.05, 3.63) is 90.3 Å². The highest BCUT2D eigenvalue weighted by atomic mass is 32.2. The zero-order valence-corrected chi connectivity index (χ0v) is 19.6. The Bertz CT molecular complexity index is 1290. The molecule has 3 aromatic carbocycles. The maximum Gasteiger partial charge on any atom is 0.234 e. The molecule has 0 aliphatic heterocycles. The molecule has 4 rings (SSSR count). The Morgan fingerprint density at radius 2 is 1.91 bits per heavy atom. The summed E-state index contributed by atoms with van der Waals surface area (Å²) in [7, 11) is 0. The van der Waals surface area contributed by atoms with E-state index < -0.39 is 0 Å². The van der Waals surface area contributed by atoms with Gasteiger partial charge in [-0.15, -0.1) is 16.8 Å². The standard InChI is InChI=1S/C26H26N4O2S/c1-4-14-30-24(16-32-21-13-12-18(2)19(3)15-21)28-29-26(30)33-17-25(31)27-23-11-7-9-20-8-5-6-10-22(20)23/h4-13,15H,1,14,16-17H2,2-3H3,(H,27,31). The van der Waals surface area contributed by atoms with Crippen LogP contribution in [-0.2, 0) is 17.9 Å². The van der Waals surface area contributed by atoms with Crippen molar-refractivity contribution >= 4 is 34.1 Å². The van der Waals surface area contributed by atoms with Crippen LogP contribution in [0.2, 0.25) is 0 Å². The minimum atomic E-state index is -0.0996. The van der Waals surface area contributed by atoms with Gasteiger partial charge in [0.15, 0.2) is 11.0 Å². The molecule has 0 radical (unpaired) electrons. The van der Waals surface area contributed by atoms with Crippen molar-refractivity contribution in [2.75, 3.05) is 11.1 Å². The zero-order chi connectivity index (χ0) is 23.2. The quantitative estimate of drug-likeness (QED) is 0.263. The van der Waals surface area contributed by atoms with Crippen LogP contribution in [-0.4, -0.2) is 26.4 Å². The summed E-state index contributed by atoms with van der Waals surface area (Å²) in [6.45, 7) is 8.77. The van der Waals surface area contributed by atoms with Gasteiger partial charge >= 0.3 is 0 Å². The SMILES string of the molecule is C=CCn1c(COc2ccc(C)c(C)c2)nnc1SCC(=O)Nc1cccc2ccccc12. The first-order valence-electron chi connectivity index (χ1n) is 10.7. The normalized spacial score (nSPS) is 10.8. The summed E-state index contributed by atoms with van der Waals surface area (Å²) in [4.78, 5) is 12.6. The number of hydrogen-bond donors (Lipinski definition) is 1. The largest absolute Gasteiger partial charge is 0.486 e. The number of thioether (sulfide) groups is 1. The molecular weight excluding hydrogens is 432 g/mol. The first-order chi connectivity index (χ1) is 16.0. The van der Waals surface area contributed by atoms with E-state index in [0.29, 0.717) is 17.5 Å². The molecule has 0 bridgehead atoms. The number of fused-ring (bicyclic) bond motifs is 1. The van der Waals surface area contributed by atoms with E-state index in [1.165, 1.54) is 22.9 Å². The average Bonchev–Trinajstić information content (AvgIpc) is 3.20. The lowest BCUT2D eigenvalue weighted by Gasteiger charge is -2.11. The summed E-state index contributed by atoms with van der Waals surface area (Å²) in [5, 5.41) is 14.3. The van der Waals surface area contributed by atoms with Crippen molar-refractivity contribution in [2.45, 2.75) is 32.2 Å². The number of benzene rings is 3. The number of nitrogens with one attached hydrogen (secondary N) is 1. The van der Waals surface area contributed by atoms with Gasteiger partial charge in [-0.05, 0) is 48.6 Å². The number of aryl methyl sites for hydroxylation is 2. The van der Waals surface area contributed by atoms with Crippen LogP contribution in [0.4, 0.5) is 5.69 Å². The summed E-state index contributed by atoms with van der Waals surface area (Å²) in [6, 6.07) is 19.8. The second-order valence-electron chi connectivity index (χ2n) is 7.70. The number of amides is 1. The van der Waals surface area contributed by atoms with Crippen LogP contribution in [0.15, 0.2) is 78.5 Å². The van der Waals surface area contributed by atoms with Gasteiger partial charge in [0.25, 0.3) is 0 Å². The van der Waals surface area contributed by atoms with Gasteiger partial charge in [-0.3, -0.25) is 9.36 Å². The first kappa shape index (κ1) is 22.6. The third kappa shape index (κ3) is 5.43. The molecule has 1 N–H and O–H groups in total. The molecule has 1 aromatic heterocycles. The van der Waals surface area contributed by atoms with Gasteiger partial charge in [-0.1, -0.05) is 60.3 Å². The van der Waals surface area contributed by atoms with E-state index in [2.05, 4.69) is 35.9 Å². The Labute approximate surface area is 197 Å². The number of aromatic nitrogens is 3. The van der Waals surface area contributed by atoms with E-state index in [9.17, 15) is 4.79 Å². The molecule has 1 heterocycles. The fraction of sp³-hybridized carbons (Fsp3) is 0.192. The van der Waals surface area contributed by atoms with Crippen LogP contribution in [0.5, 0.6) is 5.75 Å². The summed E-state index contributed by atoms with van der Waals surface area (Å²) in [5.74, 6) is 1.59. The van der Waals surface area contributed by atoms with Crippen LogP contribution < -0.4 is 10.1 Å². The summed E-state index contributed by atoms with van der Waals surface area (Å²) in [6.07, 6.45) is 1.78. The minimum Gasteiger partial charge on any atom is -0.486 e. The summed E-state index contributed by atoms with van der Waals surface area (Å²) >= 11 is 1.34. The Balaban J connectivity index is 1.41. The molecule has 0 atom stereocenters. The highest BCUT2D eigenvalue weighted by Crippen LogP contribution is 2.24. The average molecular weight is 459 g/mol. The smallest absolute Gasteiger partial charge is 0.234 e. The van der Waals surface area contributed by atoms with Gasteiger partial charge in [0.05, 0.1) is 5.75 Å². The number of nitrogens with zero attached hydrogens (tertiary/aromatic N) is 3. The fourth-order valence-electron chi connectivity index (χ4n) is 3.45. The van der Waals surface area contributed by atoms with E-state index >= 15 is 0 Å². The van der Waals surface area contributed by atoms with Gasteiger partial charge < -0.3 is 10.1 Å². The number of allylic oxidation sites excluding steroid dienone is 1. The Kier molecular flexibility index (Phi) is 7.10. The molecule has 1 amide bonds. The van der Waals surface area contributed by atoms with Gasteiger partial charge in [0.1, 0.15) is 12.4 Å². The Morgan fingerprint density at radius 1 is 1.09 bits per heavy atom. The summed E-state index contributed by atoms with van der Waals surface area (Å²) < 4.78 is 7.85. The highest BCUT2D eigenvalue weighted by molar-refractivity contribution is 7.99. The number of carbonyl (C=O) groups is 1. The third-order valence-electron chi connectivity index (χ3n) is 5.35. The van der Waals surface area contributed by atoms with Crippen molar-refractivity contribution < 1.29 is 9.53 Å². The Morgan fingerprint density at radius 3 is 2.73 bits per heavy atom. The molecule has 7 heteroatoms. The lowest BCUT2D eigenvalue weighted by molar-refractivity contribution is -0.113. The van der Waals surface area contributed by atoms with Gasteiger partial charge in [0.2, 0.25) is 5.91 Å². The van der Waals surface area contributed by atoms with E-state index in [1.807, 2.05) is 65.2 Å². The molecular formula is C26H26N4O2S. The van der Waals surface area contributed by atoms with Crippen molar-refractivity contribution in [3.8, 4) is 5.75 Å². The number of rotatable bonds is 9. The maximum absolute atomic E-state index is 12.6. The van der Waals surface area contributed by atoms with Crippen molar-refractivity contribution in [3.63, 3.8) is 0 Å². The minimum absolute atomic E-state index is 0.0996. The van der Waals surface area contributed by atoms with Crippen molar-refractivity contribution in [1.29, 1.82) is 0 Å². The number of carbonyl (C=O) groups excluding carboxylic acids is 1. The van der Waals surface area contributed by atoms with Crippen molar-refractivity contribution in [1.82, 2.24) is 14.8 Å². The topological polar surface area (TPSA) is 69.0 Å². The van der Waals surface area contributed by atoms with Gasteiger partial charge in [-0.2, -0.15) is 0 Å². The Hall–Kier alpha value is -3.58. The molecule has 0 aliphatic carbocycles. The fourth-order valence-corrected chi connectivity index (χ4v) is 4.21.